The minimum Gasteiger partial charge on any atom is -0.348 e. The van der Waals surface area contributed by atoms with E-state index in [2.05, 4.69) is 16.8 Å². The molecule has 0 radical (unpaired) electrons. The highest BCUT2D eigenvalue weighted by atomic mass is 32.2. The van der Waals surface area contributed by atoms with Crippen molar-refractivity contribution in [3.05, 3.63) is 24.3 Å². The summed E-state index contributed by atoms with van der Waals surface area (Å²) < 4.78 is 0. The van der Waals surface area contributed by atoms with Crippen LogP contribution in [-0.2, 0) is 4.79 Å². The predicted molar refractivity (Wildman–Crippen MR) is 81.5 cm³/mol. The molecule has 0 aromatic heterocycles. The second-order valence-corrected chi connectivity index (χ2v) is 6.15. The molecule has 1 atom stereocenters. The SMILES string of the molecule is CC=CC=CC(=O)N1CCN(C2=NCC(C)S2)CC1. The van der Waals surface area contributed by atoms with Gasteiger partial charge < -0.3 is 9.80 Å². The molecular weight excluding hydrogens is 258 g/mol. The van der Waals surface area contributed by atoms with Gasteiger partial charge in [0.2, 0.25) is 5.91 Å². The summed E-state index contributed by atoms with van der Waals surface area (Å²) in [6, 6.07) is 0. The zero-order valence-corrected chi connectivity index (χ0v) is 12.4. The number of carbonyl (C=O) groups excluding carboxylic acids is 1. The van der Waals surface area contributed by atoms with Crippen molar-refractivity contribution in [3.8, 4) is 0 Å². The average Bonchev–Trinajstić information content (AvgIpc) is 2.86. The molecule has 1 unspecified atom stereocenters. The molecule has 2 heterocycles. The van der Waals surface area contributed by atoms with Crippen LogP contribution in [0, 0.1) is 0 Å². The number of piperazine rings is 1. The van der Waals surface area contributed by atoms with E-state index in [1.165, 1.54) is 0 Å². The number of aliphatic imine (C=N–C) groups is 1. The van der Waals surface area contributed by atoms with E-state index in [4.69, 9.17) is 0 Å². The minimum atomic E-state index is 0.104. The van der Waals surface area contributed by atoms with E-state index in [9.17, 15) is 4.79 Å². The van der Waals surface area contributed by atoms with Crippen LogP contribution in [0.2, 0.25) is 0 Å². The molecule has 0 aromatic carbocycles. The molecule has 104 valence electrons. The minimum absolute atomic E-state index is 0.104. The number of hydrogen-bond acceptors (Lipinski definition) is 4. The summed E-state index contributed by atoms with van der Waals surface area (Å²) in [6.07, 6.45) is 7.23. The standard InChI is InChI=1S/C14H21N3OS/c1-3-4-5-6-13(18)16-7-9-17(10-8-16)14-15-11-12(2)19-14/h3-6,12H,7-11H2,1-2H3. The van der Waals surface area contributed by atoms with E-state index in [-0.39, 0.29) is 5.91 Å². The number of thioether (sulfide) groups is 1. The number of amidine groups is 1. The van der Waals surface area contributed by atoms with Gasteiger partial charge in [0.1, 0.15) is 0 Å². The topological polar surface area (TPSA) is 35.9 Å². The van der Waals surface area contributed by atoms with Gasteiger partial charge in [0.25, 0.3) is 0 Å². The van der Waals surface area contributed by atoms with E-state index in [0.717, 1.165) is 37.9 Å². The van der Waals surface area contributed by atoms with Gasteiger partial charge in [0.05, 0.1) is 6.54 Å². The van der Waals surface area contributed by atoms with Crippen molar-refractivity contribution < 1.29 is 4.79 Å². The van der Waals surface area contributed by atoms with Crippen molar-refractivity contribution in [2.75, 3.05) is 32.7 Å². The van der Waals surface area contributed by atoms with Crippen LogP contribution in [0.1, 0.15) is 13.8 Å². The van der Waals surface area contributed by atoms with Crippen LogP contribution in [0.15, 0.2) is 29.3 Å². The van der Waals surface area contributed by atoms with Gasteiger partial charge in [-0.3, -0.25) is 9.79 Å². The number of amides is 1. The zero-order chi connectivity index (χ0) is 13.7. The van der Waals surface area contributed by atoms with Gasteiger partial charge in [0.15, 0.2) is 5.17 Å². The van der Waals surface area contributed by atoms with Crippen LogP contribution in [0.3, 0.4) is 0 Å². The molecule has 0 bridgehead atoms. The van der Waals surface area contributed by atoms with Crippen LogP contribution in [0.25, 0.3) is 0 Å². The lowest BCUT2D eigenvalue weighted by atomic mass is 10.3. The number of nitrogens with zero attached hydrogens (tertiary/aromatic N) is 3. The lowest BCUT2D eigenvalue weighted by molar-refractivity contribution is -0.127. The summed E-state index contributed by atoms with van der Waals surface area (Å²) in [5.41, 5.74) is 0. The molecule has 0 spiro atoms. The molecular formula is C14H21N3OS. The normalized spacial score (nSPS) is 24.5. The molecule has 0 saturated carbocycles. The molecule has 2 aliphatic heterocycles. The Labute approximate surface area is 119 Å². The molecule has 2 rings (SSSR count). The highest BCUT2D eigenvalue weighted by molar-refractivity contribution is 8.14. The van der Waals surface area contributed by atoms with Crippen molar-refractivity contribution in [2.24, 2.45) is 4.99 Å². The Morgan fingerprint density at radius 2 is 2.05 bits per heavy atom. The van der Waals surface area contributed by atoms with Crippen LogP contribution >= 0.6 is 11.8 Å². The first kappa shape index (κ1) is 14.2. The second kappa shape index (κ2) is 6.80. The summed E-state index contributed by atoms with van der Waals surface area (Å²) in [5.74, 6) is 0.104. The first-order valence-electron chi connectivity index (χ1n) is 6.75. The van der Waals surface area contributed by atoms with Crippen LogP contribution in [0.5, 0.6) is 0 Å². The molecule has 2 aliphatic rings. The van der Waals surface area contributed by atoms with Crippen LogP contribution < -0.4 is 0 Å². The van der Waals surface area contributed by atoms with Gasteiger partial charge in [-0.15, -0.1) is 0 Å². The fourth-order valence-corrected chi connectivity index (χ4v) is 3.10. The third kappa shape index (κ3) is 3.86. The molecule has 19 heavy (non-hydrogen) atoms. The van der Waals surface area contributed by atoms with Crippen molar-refractivity contribution in [3.63, 3.8) is 0 Å². The molecule has 0 N–H and O–H groups in total. The zero-order valence-electron chi connectivity index (χ0n) is 11.6. The van der Waals surface area contributed by atoms with Gasteiger partial charge in [-0.2, -0.15) is 0 Å². The average molecular weight is 279 g/mol. The summed E-state index contributed by atoms with van der Waals surface area (Å²) >= 11 is 1.85. The summed E-state index contributed by atoms with van der Waals surface area (Å²) in [7, 11) is 0. The number of carbonyl (C=O) groups is 1. The Bertz CT molecular complexity index is 409. The predicted octanol–water partition coefficient (Wildman–Crippen LogP) is 1.75. The van der Waals surface area contributed by atoms with Gasteiger partial charge in [-0.25, -0.2) is 0 Å². The Morgan fingerprint density at radius 3 is 2.63 bits per heavy atom. The summed E-state index contributed by atoms with van der Waals surface area (Å²) in [4.78, 5) is 20.7. The van der Waals surface area contributed by atoms with Crippen molar-refractivity contribution in [2.45, 2.75) is 19.1 Å². The van der Waals surface area contributed by atoms with Crippen molar-refractivity contribution >= 4 is 22.8 Å². The fourth-order valence-electron chi connectivity index (χ4n) is 2.11. The number of allylic oxidation sites excluding steroid dienone is 3. The van der Waals surface area contributed by atoms with Gasteiger partial charge in [-0.05, 0) is 6.92 Å². The summed E-state index contributed by atoms with van der Waals surface area (Å²) in [6.45, 7) is 8.41. The molecule has 4 nitrogen and oxygen atoms in total. The molecule has 1 amide bonds. The Hall–Kier alpha value is -1.23. The van der Waals surface area contributed by atoms with Gasteiger partial charge in [-0.1, -0.05) is 36.9 Å². The lowest BCUT2D eigenvalue weighted by Crippen LogP contribution is -2.49. The molecule has 1 fully saturated rings. The maximum absolute atomic E-state index is 11.9. The Kier molecular flexibility index (Phi) is 5.07. The fraction of sp³-hybridized carbons (Fsp3) is 0.571. The third-order valence-electron chi connectivity index (χ3n) is 3.19. The maximum atomic E-state index is 11.9. The van der Waals surface area contributed by atoms with E-state index in [1.54, 1.807) is 12.2 Å². The lowest BCUT2D eigenvalue weighted by Gasteiger charge is -2.35. The van der Waals surface area contributed by atoms with E-state index in [0.29, 0.717) is 5.25 Å². The Balaban J connectivity index is 1.81. The van der Waals surface area contributed by atoms with Gasteiger partial charge >= 0.3 is 0 Å². The smallest absolute Gasteiger partial charge is 0.246 e. The van der Waals surface area contributed by atoms with E-state index < -0.39 is 0 Å². The summed E-state index contributed by atoms with van der Waals surface area (Å²) in [5, 5.41) is 1.75. The van der Waals surface area contributed by atoms with Crippen LogP contribution in [0.4, 0.5) is 0 Å². The quantitative estimate of drug-likeness (QED) is 0.571. The first-order valence-corrected chi connectivity index (χ1v) is 7.63. The number of rotatable bonds is 2. The van der Waals surface area contributed by atoms with Crippen molar-refractivity contribution in [1.29, 1.82) is 0 Å². The first-order chi connectivity index (χ1) is 9.20. The highest BCUT2D eigenvalue weighted by Gasteiger charge is 2.25. The number of hydrogen-bond donors (Lipinski definition) is 0. The molecule has 5 heteroatoms. The third-order valence-corrected chi connectivity index (χ3v) is 4.34. The molecule has 0 aliphatic carbocycles. The van der Waals surface area contributed by atoms with E-state index >= 15 is 0 Å². The maximum Gasteiger partial charge on any atom is 0.246 e. The van der Waals surface area contributed by atoms with Crippen molar-refractivity contribution in [1.82, 2.24) is 9.80 Å². The largest absolute Gasteiger partial charge is 0.348 e. The molecule has 1 saturated heterocycles. The monoisotopic (exact) mass is 279 g/mol. The Morgan fingerprint density at radius 1 is 1.32 bits per heavy atom. The van der Waals surface area contributed by atoms with Gasteiger partial charge in [0, 0.05) is 37.5 Å². The van der Waals surface area contributed by atoms with E-state index in [1.807, 2.05) is 35.7 Å². The molecule has 0 aromatic rings. The highest BCUT2D eigenvalue weighted by Crippen LogP contribution is 2.23. The second-order valence-electron chi connectivity index (χ2n) is 4.75. The van der Waals surface area contributed by atoms with Crippen LogP contribution in [-0.4, -0.2) is 58.8 Å².